The molecule has 1 aromatic heterocycles. The Labute approximate surface area is 164 Å². The summed E-state index contributed by atoms with van der Waals surface area (Å²) in [5.74, 6) is -0.342. The fourth-order valence-corrected chi connectivity index (χ4v) is 5.76. The predicted molar refractivity (Wildman–Crippen MR) is 107 cm³/mol. The molecule has 1 aromatic carbocycles. The number of hydrogen-bond donors (Lipinski definition) is 1. The average Bonchev–Trinajstić information content (AvgIpc) is 2.68. The van der Waals surface area contributed by atoms with Gasteiger partial charge in [0.05, 0.1) is 11.1 Å². The van der Waals surface area contributed by atoms with Crippen LogP contribution in [0.4, 0.5) is 4.39 Å². The third-order valence-electron chi connectivity index (χ3n) is 5.84. The van der Waals surface area contributed by atoms with E-state index in [0.29, 0.717) is 24.8 Å². The van der Waals surface area contributed by atoms with Gasteiger partial charge in [0.2, 0.25) is 10.0 Å². The summed E-state index contributed by atoms with van der Waals surface area (Å²) in [5, 5.41) is 0.900. The van der Waals surface area contributed by atoms with Crippen LogP contribution in [0.2, 0.25) is 0 Å². The Morgan fingerprint density at radius 1 is 1.07 bits per heavy atom. The zero-order chi connectivity index (χ0) is 19.7. The number of H-pyrrole nitrogens is 1. The summed E-state index contributed by atoms with van der Waals surface area (Å²) in [6.07, 6.45) is 4.75. The molecule has 3 heterocycles. The summed E-state index contributed by atoms with van der Waals surface area (Å²) in [7, 11) is -3.37. The number of nitrogens with one attached hydrogen (secondary N) is 1. The minimum atomic E-state index is -3.37. The number of rotatable bonds is 5. The van der Waals surface area contributed by atoms with Crippen LogP contribution in [-0.2, 0) is 23.0 Å². The molecule has 8 heteroatoms. The van der Waals surface area contributed by atoms with E-state index in [1.807, 2.05) is 0 Å². The maximum atomic E-state index is 13.5. The van der Waals surface area contributed by atoms with Gasteiger partial charge in [-0.15, -0.1) is 0 Å². The van der Waals surface area contributed by atoms with E-state index < -0.39 is 15.8 Å². The summed E-state index contributed by atoms with van der Waals surface area (Å²) < 4.78 is 40.8. The van der Waals surface area contributed by atoms with Crippen molar-refractivity contribution in [1.29, 1.82) is 0 Å². The average molecular weight is 408 g/mol. The first-order valence-corrected chi connectivity index (χ1v) is 11.6. The zero-order valence-electron chi connectivity index (χ0n) is 15.9. The van der Waals surface area contributed by atoms with E-state index in [4.69, 9.17) is 0 Å². The fourth-order valence-electron chi connectivity index (χ4n) is 4.32. The number of pyridine rings is 1. The van der Waals surface area contributed by atoms with Crippen LogP contribution in [-0.4, -0.2) is 54.5 Å². The number of aromatic amines is 1. The molecule has 0 aliphatic carbocycles. The molecule has 0 atom stereocenters. The number of hydrogen-bond acceptors (Lipinski definition) is 4. The molecule has 1 saturated heterocycles. The van der Waals surface area contributed by atoms with Crippen LogP contribution in [0.25, 0.3) is 10.8 Å². The molecule has 0 radical (unpaired) electrons. The zero-order valence-corrected chi connectivity index (χ0v) is 16.7. The topological polar surface area (TPSA) is 73.5 Å². The van der Waals surface area contributed by atoms with Gasteiger partial charge in [0.25, 0.3) is 5.56 Å². The van der Waals surface area contributed by atoms with Crippen LogP contribution < -0.4 is 5.56 Å². The Hall–Kier alpha value is -1.77. The number of piperidine rings is 1. The minimum Gasteiger partial charge on any atom is -0.325 e. The van der Waals surface area contributed by atoms with Gasteiger partial charge in [0.1, 0.15) is 5.82 Å². The third-order valence-corrected chi connectivity index (χ3v) is 7.75. The van der Waals surface area contributed by atoms with Crippen LogP contribution in [0.15, 0.2) is 23.0 Å². The van der Waals surface area contributed by atoms with Crippen molar-refractivity contribution in [1.82, 2.24) is 14.2 Å². The number of sulfonamides is 1. The first kappa shape index (κ1) is 19.5. The van der Waals surface area contributed by atoms with Gasteiger partial charge in [-0.3, -0.25) is 4.79 Å². The normalized spacial score (nSPS) is 19.0. The van der Waals surface area contributed by atoms with Gasteiger partial charge >= 0.3 is 0 Å². The van der Waals surface area contributed by atoms with Crippen molar-refractivity contribution in [2.75, 3.05) is 31.9 Å². The highest BCUT2D eigenvalue weighted by molar-refractivity contribution is 7.89. The van der Waals surface area contributed by atoms with Gasteiger partial charge in [0.15, 0.2) is 0 Å². The van der Waals surface area contributed by atoms with Crippen molar-refractivity contribution < 1.29 is 12.8 Å². The Morgan fingerprint density at radius 2 is 1.86 bits per heavy atom. The van der Waals surface area contributed by atoms with Crippen molar-refractivity contribution in [3.8, 4) is 0 Å². The standard InChI is InChI=1S/C20H26FN3O3S/c21-15-5-6-16-17(13-15)20(25)22-19-7-11-24(14-18(16)19)28(26,27)12-4-10-23-8-2-1-3-9-23/h5-6,13H,1-4,7-12,14H2,(H,22,25). The molecule has 0 spiro atoms. The Balaban J connectivity index is 1.50. The fraction of sp³-hybridized carbons (Fsp3) is 0.550. The molecule has 4 rings (SSSR count). The Kier molecular flexibility index (Phi) is 5.53. The molecule has 152 valence electrons. The number of halogens is 1. The lowest BCUT2D eigenvalue weighted by atomic mass is 10.00. The Bertz CT molecular complexity index is 1030. The van der Waals surface area contributed by atoms with E-state index in [1.54, 1.807) is 6.07 Å². The first-order chi connectivity index (χ1) is 13.4. The second-order valence-electron chi connectivity index (χ2n) is 7.76. The highest BCUT2D eigenvalue weighted by atomic mass is 32.2. The molecule has 2 aromatic rings. The van der Waals surface area contributed by atoms with E-state index in [-0.39, 0.29) is 23.2 Å². The lowest BCUT2D eigenvalue weighted by Crippen LogP contribution is -2.39. The van der Waals surface area contributed by atoms with Crippen molar-refractivity contribution >= 4 is 20.8 Å². The molecule has 2 aliphatic heterocycles. The number of nitrogens with zero attached hydrogens (tertiary/aromatic N) is 2. The van der Waals surface area contributed by atoms with Crippen LogP contribution >= 0.6 is 0 Å². The molecule has 0 bridgehead atoms. The third kappa shape index (κ3) is 3.99. The van der Waals surface area contributed by atoms with Crippen molar-refractivity contribution in [3.63, 3.8) is 0 Å². The van der Waals surface area contributed by atoms with Crippen molar-refractivity contribution in [2.24, 2.45) is 0 Å². The maximum Gasteiger partial charge on any atom is 0.256 e. The first-order valence-electron chi connectivity index (χ1n) is 9.97. The largest absolute Gasteiger partial charge is 0.325 e. The van der Waals surface area contributed by atoms with Crippen LogP contribution in [0.1, 0.15) is 36.9 Å². The minimum absolute atomic E-state index is 0.134. The van der Waals surface area contributed by atoms with E-state index in [2.05, 4.69) is 9.88 Å². The molecule has 2 aliphatic rings. The predicted octanol–water partition coefficient (Wildman–Crippen LogP) is 2.23. The van der Waals surface area contributed by atoms with Crippen LogP contribution in [0.3, 0.4) is 0 Å². The number of fused-ring (bicyclic) bond motifs is 3. The second kappa shape index (κ2) is 7.93. The molecule has 0 unspecified atom stereocenters. The van der Waals surface area contributed by atoms with Crippen LogP contribution in [0, 0.1) is 5.82 Å². The van der Waals surface area contributed by atoms with Gasteiger partial charge in [0, 0.05) is 25.2 Å². The van der Waals surface area contributed by atoms with E-state index >= 15 is 0 Å². The number of aromatic nitrogens is 1. The monoisotopic (exact) mass is 407 g/mol. The Morgan fingerprint density at radius 3 is 2.64 bits per heavy atom. The number of likely N-dealkylation sites (tertiary alicyclic amines) is 1. The van der Waals surface area contributed by atoms with Gasteiger partial charge in [-0.1, -0.05) is 12.5 Å². The van der Waals surface area contributed by atoms with Gasteiger partial charge in [-0.05, 0) is 62.0 Å². The molecule has 0 saturated carbocycles. The summed E-state index contributed by atoms with van der Waals surface area (Å²) in [4.78, 5) is 17.4. The summed E-state index contributed by atoms with van der Waals surface area (Å²) >= 11 is 0. The summed E-state index contributed by atoms with van der Waals surface area (Å²) in [6.45, 7) is 3.53. The molecule has 1 fully saturated rings. The highest BCUT2D eigenvalue weighted by Crippen LogP contribution is 2.26. The van der Waals surface area contributed by atoms with Gasteiger partial charge in [-0.25, -0.2) is 12.8 Å². The van der Waals surface area contributed by atoms with Gasteiger partial charge in [-0.2, -0.15) is 4.31 Å². The van der Waals surface area contributed by atoms with E-state index in [1.165, 1.54) is 35.7 Å². The maximum absolute atomic E-state index is 13.5. The number of benzene rings is 1. The highest BCUT2D eigenvalue weighted by Gasteiger charge is 2.28. The van der Waals surface area contributed by atoms with Gasteiger partial charge < -0.3 is 9.88 Å². The van der Waals surface area contributed by atoms with Crippen LogP contribution in [0.5, 0.6) is 0 Å². The van der Waals surface area contributed by atoms with Crippen molar-refractivity contribution in [2.45, 2.75) is 38.6 Å². The lowest BCUT2D eigenvalue weighted by Gasteiger charge is -2.30. The SMILES string of the molecule is O=c1[nH]c2c(c3ccc(F)cc13)CN(S(=O)(=O)CCCN1CCCCC1)CC2. The molecule has 0 amide bonds. The molecular weight excluding hydrogens is 381 g/mol. The van der Waals surface area contributed by atoms with E-state index in [0.717, 1.165) is 30.9 Å². The summed E-state index contributed by atoms with van der Waals surface area (Å²) in [5.41, 5.74) is 1.20. The molecule has 1 N–H and O–H groups in total. The molecule has 28 heavy (non-hydrogen) atoms. The molecular formula is C20H26FN3O3S. The smallest absolute Gasteiger partial charge is 0.256 e. The lowest BCUT2D eigenvalue weighted by molar-refractivity contribution is 0.229. The quantitative estimate of drug-likeness (QED) is 0.825. The summed E-state index contributed by atoms with van der Waals surface area (Å²) in [6, 6.07) is 4.10. The molecule has 6 nitrogen and oxygen atoms in total. The van der Waals surface area contributed by atoms with Crippen molar-refractivity contribution in [3.05, 3.63) is 45.6 Å². The second-order valence-corrected chi connectivity index (χ2v) is 9.85. The van der Waals surface area contributed by atoms with E-state index in [9.17, 15) is 17.6 Å².